The summed E-state index contributed by atoms with van der Waals surface area (Å²) in [4.78, 5) is 0. The van der Waals surface area contributed by atoms with Crippen LogP contribution in [-0.4, -0.2) is 0 Å². The fourth-order valence-corrected chi connectivity index (χ4v) is 1.87. The topological polar surface area (TPSA) is 0 Å². The molecule has 0 aromatic heterocycles. The van der Waals surface area contributed by atoms with Crippen LogP contribution >= 0.6 is 15.9 Å². The van der Waals surface area contributed by atoms with Crippen molar-refractivity contribution < 1.29 is 17.6 Å². The Morgan fingerprint density at radius 2 is 1.18 bits per heavy atom. The zero-order valence-corrected chi connectivity index (χ0v) is 9.79. The molecule has 0 aliphatic heterocycles. The van der Waals surface area contributed by atoms with Crippen molar-refractivity contribution in [2.75, 3.05) is 0 Å². The molecule has 0 saturated heterocycles. The van der Waals surface area contributed by atoms with Crippen LogP contribution in [0.3, 0.4) is 0 Å². The molecule has 0 bridgehead atoms. The highest BCUT2D eigenvalue weighted by molar-refractivity contribution is 9.10. The average Bonchev–Trinajstić information content (AvgIpc) is 2.21. The Labute approximate surface area is 103 Å². The number of hydrogen-bond donors (Lipinski definition) is 0. The highest BCUT2D eigenvalue weighted by Crippen LogP contribution is 2.32. The van der Waals surface area contributed by atoms with Gasteiger partial charge in [-0.1, -0.05) is 15.9 Å². The van der Waals surface area contributed by atoms with E-state index in [-0.39, 0.29) is 4.47 Å². The standard InChI is InChI=1S/C12H4BrF4/c13-6-4-9(16)12(10(17)5-6)11-7(14)2-1-3-8(11)15/h2-5H. The Morgan fingerprint density at radius 3 is 1.65 bits per heavy atom. The van der Waals surface area contributed by atoms with E-state index in [1.807, 2.05) is 0 Å². The summed E-state index contributed by atoms with van der Waals surface area (Å²) >= 11 is 2.88. The third kappa shape index (κ3) is 2.20. The molecule has 0 atom stereocenters. The minimum Gasteiger partial charge on any atom is -0.206 e. The maximum absolute atomic E-state index is 13.5. The highest BCUT2D eigenvalue weighted by atomic mass is 79.9. The lowest BCUT2D eigenvalue weighted by atomic mass is 10.0. The molecule has 17 heavy (non-hydrogen) atoms. The molecule has 0 aliphatic carbocycles. The first kappa shape index (κ1) is 12.1. The van der Waals surface area contributed by atoms with Crippen molar-refractivity contribution in [1.82, 2.24) is 0 Å². The summed E-state index contributed by atoms with van der Waals surface area (Å²) in [6, 6.07) is 5.70. The minimum absolute atomic E-state index is 0.152. The van der Waals surface area contributed by atoms with Crippen LogP contribution in [0.25, 0.3) is 11.1 Å². The molecule has 0 heterocycles. The van der Waals surface area contributed by atoms with Gasteiger partial charge in [-0.25, -0.2) is 17.6 Å². The van der Waals surface area contributed by atoms with Gasteiger partial charge in [0.2, 0.25) is 0 Å². The summed E-state index contributed by atoms with van der Waals surface area (Å²) in [5, 5.41) is 0. The average molecular weight is 304 g/mol. The Hall–Kier alpha value is -1.36. The Bertz CT molecular complexity index is 537. The molecule has 0 aliphatic rings. The molecule has 0 fully saturated rings. The highest BCUT2D eigenvalue weighted by Gasteiger charge is 2.19. The fourth-order valence-electron chi connectivity index (χ4n) is 1.47. The van der Waals surface area contributed by atoms with Gasteiger partial charge in [0, 0.05) is 4.47 Å². The first-order valence-electron chi connectivity index (χ1n) is 4.50. The Kier molecular flexibility index (Phi) is 3.19. The molecule has 0 spiro atoms. The maximum Gasteiger partial charge on any atom is 0.135 e. The van der Waals surface area contributed by atoms with Gasteiger partial charge in [-0.15, -0.1) is 0 Å². The molecule has 87 valence electrons. The van der Waals surface area contributed by atoms with Gasteiger partial charge in [-0.2, -0.15) is 0 Å². The van der Waals surface area contributed by atoms with E-state index in [1.54, 1.807) is 0 Å². The van der Waals surface area contributed by atoms with Crippen molar-refractivity contribution in [3.05, 3.63) is 58.1 Å². The number of halogens is 5. The number of benzene rings is 2. The third-order valence-corrected chi connectivity index (χ3v) is 2.61. The maximum atomic E-state index is 13.5. The second-order valence-corrected chi connectivity index (χ2v) is 4.19. The summed E-state index contributed by atoms with van der Waals surface area (Å²) in [5.41, 5.74) is -1.46. The quantitative estimate of drug-likeness (QED) is 0.682. The molecule has 0 unspecified atom stereocenters. The van der Waals surface area contributed by atoms with Gasteiger partial charge in [0.25, 0.3) is 0 Å². The zero-order chi connectivity index (χ0) is 12.6. The molecule has 0 N–H and O–H groups in total. The van der Waals surface area contributed by atoms with Gasteiger partial charge < -0.3 is 0 Å². The Morgan fingerprint density at radius 1 is 0.765 bits per heavy atom. The van der Waals surface area contributed by atoms with Crippen LogP contribution in [0, 0.1) is 29.3 Å². The predicted octanol–water partition coefficient (Wildman–Crippen LogP) is 4.47. The molecule has 2 rings (SSSR count). The lowest BCUT2D eigenvalue weighted by Gasteiger charge is -2.08. The van der Waals surface area contributed by atoms with E-state index in [1.165, 1.54) is 0 Å². The zero-order valence-electron chi connectivity index (χ0n) is 8.20. The van der Waals surface area contributed by atoms with E-state index in [2.05, 4.69) is 22.0 Å². The van der Waals surface area contributed by atoms with Crippen LogP contribution in [-0.2, 0) is 0 Å². The van der Waals surface area contributed by atoms with Crippen LogP contribution < -0.4 is 0 Å². The SMILES string of the molecule is Fc1c[c]cc(F)c1-c1c(F)cc(Br)cc1F. The number of rotatable bonds is 1. The summed E-state index contributed by atoms with van der Waals surface area (Å²) in [6.07, 6.45) is 0. The summed E-state index contributed by atoms with van der Waals surface area (Å²) in [5.74, 6) is -4.21. The second kappa shape index (κ2) is 4.49. The molecule has 0 amide bonds. The summed E-state index contributed by atoms with van der Waals surface area (Å²) < 4.78 is 54.0. The molecule has 1 radical (unpaired) electrons. The van der Waals surface area contributed by atoms with Gasteiger partial charge in [-0.05, 0) is 30.3 Å². The molecule has 0 nitrogen and oxygen atoms in total. The van der Waals surface area contributed by atoms with Gasteiger partial charge >= 0.3 is 0 Å². The first-order chi connectivity index (χ1) is 8.00. The van der Waals surface area contributed by atoms with Crippen molar-refractivity contribution in [3.63, 3.8) is 0 Å². The normalized spacial score (nSPS) is 10.6. The van der Waals surface area contributed by atoms with E-state index in [0.717, 1.165) is 24.3 Å². The van der Waals surface area contributed by atoms with Gasteiger partial charge in [0.05, 0.1) is 11.1 Å². The third-order valence-electron chi connectivity index (χ3n) is 2.15. The van der Waals surface area contributed by atoms with E-state index in [9.17, 15) is 17.6 Å². The van der Waals surface area contributed by atoms with Crippen molar-refractivity contribution in [2.24, 2.45) is 0 Å². The lowest BCUT2D eigenvalue weighted by Crippen LogP contribution is -1.96. The molecule has 5 heteroatoms. The Balaban J connectivity index is 2.77. The first-order valence-corrected chi connectivity index (χ1v) is 5.30. The van der Waals surface area contributed by atoms with Crippen molar-refractivity contribution in [2.45, 2.75) is 0 Å². The van der Waals surface area contributed by atoms with E-state index < -0.39 is 34.4 Å². The van der Waals surface area contributed by atoms with Crippen molar-refractivity contribution in [3.8, 4) is 11.1 Å². The van der Waals surface area contributed by atoms with E-state index in [4.69, 9.17) is 0 Å². The van der Waals surface area contributed by atoms with E-state index >= 15 is 0 Å². The second-order valence-electron chi connectivity index (χ2n) is 3.27. The van der Waals surface area contributed by atoms with Gasteiger partial charge in [0.15, 0.2) is 0 Å². The molecular weight excluding hydrogens is 300 g/mol. The molecule has 0 saturated carbocycles. The van der Waals surface area contributed by atoms with Crippen LogP contribution in [0.1, 0.15) is 0 Å². The molecule has 2 aromatic carbocycles. The fraction of sp³-hybridized carbons (Fsp3) is 0. The van der Waals surface area contributed by atoms with Crippen LogP contribution in [0.15, 0.2) is 28.7 Å². The molecular formula is C12H4BrF4. The lowest BCUT2D eigenvalue weighted by molar-refractivity contribution is 0.562. The smallest absolute Gasteiger partial charge is 0.135 e. The van der Waals surface area contributed by atoms with Gasteiger partial charge in [-0.3, -0.25) is 0 Å². The predicted molar refractivity (Wildman–Crippen MR) is 58.2 cm³/mol. The number of hydrogen-bond acceptors (Lipinski definition) is 0. The van der Waals surface area contributed by atoms with Crippen LogP contribution in [0.5, 0.6) is 0 Å². The summed E-state index contributed by atoms with van der Waals surface area (Å²) in [7, 11) is 0. The van der Waals surface area contributed by atoms with Crippen LogP contribution in [0.4, 0.5) is 17.6 Å². The molecule has 2 aromatic rings. The van der Waals surface area contributed by atoms with Gasteiger partial charge in [0.1, 0.15) is 23.3 Å². The van der Waals surface area contributed by atoms with Crippen molar-refractivity contribution >= 4 is 15.9 Å². The minimum atomic E-state index is -1.06. The van der Waals surface area contributed by atoms with Crippen LogP contribution in [0.2, 0.25) is 0 Å². The summed E-state index contributed by atoms with van der Waals surface area (Å²) in [6.45, 7) is 0. The van der Waals surface area contributed by atoms with Crippen molar-refractivity contribution in [1.29, 1.82) is 0 Å². The van der Waals surface area contributed by atoms with E-state index in [0.29, 0.717) is 0 Å². The monoisotopic (exact) mass is 303 g/mol. The largest absolute Gasteiger partial charge is 0.206 e.